The third kappa shape index (κ3) is 22.8. The average molecular weight is 585 g/mol. The number of nitroso groups, excluding NO2 is 1. The molecule has 0 aromatic rings. The van der Waals surface area contributed by atoms with Gasteiger partial charge < -0.3 is 37.6 Å². The standard InChI is InChI=1S/C27H48N6O8/c28-20(17-22(26(29)38)33-24(35)19-31-41)18-30-16-15-21(27(39)40)32-23(34)13-11-9-7-5-3-1-2-4-6-8-10-12-14-25(36)37/h18,21-22,30H,1-17,19,28H2,(H2,29,38)(H,32,34)(H,33,35)(H,36,37)(H,39,40)/b20-18-/t21-,22-/m0/s1. The molecule has 0 fully saturated rings. The van der Waals surface area contributed by atoms with Crippen molar-refractivity contribution in [3.8, 4) is 0 Å². The topological polar surface area (TPSA) is 243 Å². The van der Waals surface area contributed by atoms with Crippen LogP contribution in [0.5, 0.6) is 0 Å². The number of nitrogens with two attached hydrogens (primary N) is 2. The Morgan fingerprint density at radius 1 is 0.707 bits per heavy atom. The Balaban J connectivity index is 4.03. The van der Waals surface area contributed by atoms with E-state index in [4.69, 9.17) is 16.6 Å². The van der Waals surface area contributed by atoms with Gasteiger partial charge in [0.2, 0.25) is 17.7 Å². The fourth-order valence-corrected chi connectivity index (χ4v) is 4.10. The van der Waals surface area contributed by atoms with E-state index in [1.807, 2.05) is 0 Å². The predicted molar refractivity (Wildman–Crippen MR) is 153 cm³/mol. The number of carboxylic acid groups (broad SMARTS) is 2. The van der Waals surface area contributed by atoms with Crippen LogP contribution in [0.2, 0.25) is 0 Å². The van der Waals surface area contributed by atoms with E-state index in [0.717, 1.165) is 51.4 Å². The van der Waals surface area contributed by atoms with Gasteiger partial charge in [0.1, 0.15) is 12.1 Å². The molecule has 14 heteroatoms. The van der Waals surface area contributed by atoms with Gasteiger partial charge in [-0.25, -0.2) is 4.79 Å². The van der Waals surface area contributed by atoms with E-state index in [2.05, 4.69) is 21.1 Å². The van der Waals surface area contributed by atoms with Gasteiger partial charge in [-0.15, -0.1) is 0 Å². The third-order valence-electron chi connectivity index (χ3n) is 6.37. The molecule has 2 atom stereocenters. The van der Waals surface area contributed by atoms with Gasteiger partial charge in [0, 0.05) is 37.7 Å². The molecule has 234 valence electrons. The second kappa shape index (κ2) is 24.1. The fraction of sp³-hybridized carbons (Fsp3) is 0.741. The molecule has 0 aromatic carbocycles. The van der Waals surface area contributed by atoms with Crippen molar-refractivity contribution >= 4 is 29.7 Å². The Morgan fingerprint density at radius 2 is 1.20 bits per heavy atom. The summed E-state index contributed by atoms with van der Waals surface area (Å²) in [5.74, 6) is -3.81. The van der Waals surface area contributed by atoms with Crippen molar-refractivity contribution in [2.75, 3.05) is 13.1 Å². The van der Waals surface area contributed by atoms with Gasteiger partial charge >= 0.3 is 11.9 Å². The molecule has 0 aliphatic heterocycles. The first kappa shape index (κ1) is 37.3. The Kier molecular flexibility index (Phi) is 21.9. The number of carboxylic acids is 2. The van der Waals surface area contributed by atoms with E-state index in [0.29, 0.717) is 6.42 Å². The molecule has 14 nitrogen and oxygen atoms in total. The van der Waals surface area contributed by atoms with E-state index >= 15 is 0 Å². The fourth-order valence-electron chi connectivity index (χ4n) is 4.10. The number of nitrogens with zero attached hydrogens (tertiary/aromatic N) is 1. The van der Waals surface area contributed by atoms with Gasteiger partial charge in [-0.1, -0.05) is 69.4 Å². The summed E-state index contributed by atoms with van der Waals surface area (Å²) < 4.78 is 0. The number of rotatable bonds is 27. The summed E-state index contributed by atoms with van der Waals surface area (Å²) >= 11 is 0. The van der Waals surface area contributed by atoms with Crippen LogP contribution >= 0.6 is 0 Å². The minimum absolute atomic E-state index is 0.0914. The number of hydrogen-bond acceptors (Lipinski definition) is 9. The van der Waals surface area contributed by atoms with Crippen LogP contribution in [0.3, 0.4) is 0 Å². The molecular formula is C27H48N6O8. The molecule has 3 amide bonds. The molecule has 0 spiro atoms. The number of primary amides is 1. The van der Waals surface area contributed by atoms with Crippen molar-refractivity contribution in [1.82, 2.24) is 16.0 Å². The zero-order chi connectivity index (χ0) is 30.9. The third-order valence-corrected chi connectivity index (χ3v) is 6.37. The molecule has 9 N–H and O–H groups in total. The minimum Gasteiger partial charge on any atom is -0.481 e. The lowest BCUT2D eigenvalue weighted by Crippen LogP contribution is -2.46. The van der Waals surface area contributed by atoms with Crippen LogP contribution in [0.25, 0.3) is 0 Å². The van der Waals surface area contributed by atoms with Crippen LogP contribution < -0.4 is 27.4 Å². The second-order valence-electron chi connectivity index (χ2n) is 10.1. The van der Waals surface area contributed by atoms with Crippen molar-refractivity contribution in [1.29, 1.82) is 0 Å². The van der Waals surface area contributed by atoms with E-state index in [1.54, 1.807) is 0 Å². The Morgan fingerprint density at radius 3 is 1.66 bits per heavy atom. The zero-order valence-corrected chi connectivity index (χ0v) is 23.9. The molecule has 0 bridgehead atoms. The molecule has 0 aliphatic carbocycles. The molecule has 0 aliphatic rings. The summed E-state index contributed by atoms with van der Waals surface area (Å²) in [6.07, 6.45) is 14.2. The molecule has 0 heterocycles. The van der Waals surface area contributed by atoms with Crippen molar-refractivity contribution in [2.45, 2.75) is 115 Å². The van der Waals surface area contributed by atoms with Crippen LogP contribution in [-0.4, -0.2) is 65.0 Å². The lowest BCUT2D eigenvalue weighted by atomic mass is 10.0. The molecule has 0 saturated carbocycles. The van der Waals surface area contributed by atoms with Gasteiger partial charge in [-0.05, 0) is 19.3 Å². The Hall–Kier alpha value is -3.71. The maximum absolute atomic E-state index is 12.2. The number of hydrogen-bond donors (Lipinski definition) is 7. The number of unbranched alkanes of at least 4 members (excludes halogenated alkanes) is 11. The molecule has 0 radical (unpaired) electrons. The highest BCUT2D eigenvalue weighted by Crippen LogP contribution is 2.13. The number of aliphatic carboxylic acids is 2. The first-order valence-electron chi connectivity index (χ1n) is 14.4. The van der Waals surface area contributed by atoms with E-state index in [9.17, 15) is 34.0 Å². The van der Waals surface area contributed by atoms with Crippen LogP contribution in [0.15, 0.2) is 17.1 Å². The van der Waals surface area contributed by atoms with Gasteiger partial charge in [-0.3, -0.25) is 19.2 Å². The van der Waals surface area contributed by atoms with E-state index < -0.39 is 42.4 Å². The molecule has 0 saturated heterocycles. The number of amides is 3. The highest BCUT2D eigenvalue weighted by atomic mass is 16.4. The van der Waals surface area contributed by atoms with Gasteiger partial charge in [0.15, 0.2) is 6.54 Å². The maximum Gasteiger partial charge on any atom is 0.326 e. The Labute approximate surface area is 241 Å². The molecule has 0 unspecified atom stereocenters. The SMILES string of the molecule is NC(=O)[C@H](C/C(N)=C/NCC[C@H](NC(=O)CCCCCCCCCCCCCCC(=O)O)C(=O)O)NC(=O)CN=O. The number of nitrogens with one attached hydrogen (secondary N) is 3. The second-order valence-corrected chi connectivity index (χ2v) is 10.1. The van der Waals surface area contributed by atoms with Crippen LogP contribution in [0.1, 0.15) is 103 Å². The largest absolute Gasteiger partial charge is 0.481 e. The van der Waals surface area contributed by atoms with Crippen LogP contribution in [-0.2, 0) is 24.0 Å². The van der Waals surface area contributed by atoms with Crippen LogP contribution in [0, 0.1) is 4.91 Å². The van der Waals surface area contributed by atoms with Gasteiger partial charge in [0.05, 0.1) is 0 Å². The highest BCUT2D eigenvalue weighted by molar-refractivity contribution is 5.87. The summed E-state index contributed by atoms with van der Waals surface area (Å²) in [6.45, 7) is -0.485. The molecule has 0 aromatic heterocycles. The van der Waals surface area contributed by atoms with Gasteiger partial charge in [-0.2, -0.15) is 4.91 Å². The smallest absolute Gasteiger partial charge is 0.326 e. The van der Waals surface area contributed by atoms with Crippen LogP contribution in [0.4, 0.5) is 0 Å². The zero-order valence-electron chi connectivity index (χ0n) is 23.9. The van der Waals surface area contributed by atoms with Crippen molar-refractivity contribution in [2.24, 2.45) is 16.6 Å². The molecule has 0 rings (SSSR count). The molecular weight excluding hydrogens is 536 g/mol. The highest BCUT2D eigenvalue weighted by Gasteiger charge is 2.20. The predicted octanol–water partition coefficient (Wildman–Crippen LogP) is 2.01. The minimum atomic E-state index is -1.15. The number of carbonyl (C=O) groups excluding carboxylic acids is 3. The van der Waals surface area contributed by atoms with Gasteiger partial charge in [0.25, 0.3) is 0 Å². The summed E-state index contributed by atoms with van der Waals surface area (Å²) in [4.78, 5) is 67.2. The first-order valence-corrected chi connectivity index (χ1v) is 14.4. The normalized spacial score (nSPS) is 12.6. The quantitative estimate of drug-likeness (QED) is 0.0546. The van der Waals surface area contributed by atoms with Crippen molar-refractivity contribution in [3.05, 3.63) is 16.8 Å². The average Bonchev–Trinajstić information content (AvgIpc) is 2.89. The molecule has 41 heavy (non-hydrogen) atoms. The number of carbonyl (C=O) groups is 5. The summed E-state index contributed by atoms with van der Waals surface area (Å²) in [5, 5.41) is 28.0. The lowest BCUT2D eigenvalue weighted by molar-refractivity contribution is -0.142. The Bertz CT molecular complexity index is 852. The lowest BCUT2D eigenvalue weighted by Gasteiger charge is -2.16. The van der Waals surface area contributed by atoms with Crippen molar-refractivity contribution in [3.63, 3.8) is 0 Å². The summed E-state index contributed by atoms with van der Waals surface area (Å²) in [6, 6.07) is -2.21. The monoisotopic (exact) mass is 584 g/mol. The van der Waals surface area contributed by atoms with Crippen molar-refractivity contribution < 1.29 is 34.2 Å². The van der Waals surface area contributed by atoms with E-state index in [-0.39, 0.29) is 43.8 Å². The summed E-state index contributed by atoms with van der Waals surface area (Å²) in [7, 11) is 0. The first-order chi connectivity index (χ1) is 19.6. The summed E-state index contributed by atoms with van der Waals surface area (Å²) in [5.41, 5.74) is 11.2. The van der Waals surface area contributed by atoms with E-state index in [1.165, 1.54) is 25.5 Å². The maximum atomic E-state index is 12.2.